The van der Waals surface area contributed by atoms with Crippen molar-refractivity contribution in [3.63, 3.8) is 0 Å². The molecule has 0 saturated heterocycles. The number of carboxylic acids is 2. The van der Waals surface area contributed by atoms with E-state index in [9.17, 15) is 14.4 Å². The molecule has 170 valence electrons. The van der Waals surface area contributed by atoms with Crippen LogP contribution < -0.4 is 5.32 Å². The monoisotopic (exact) mass is 455 g/mol. The van der Waals surface area contributed by atoms with Crippen LogP contribution in [0.15, 0.2) is 85.1 Å². The lowest BCUT2D eigenvalue weighted by Gasteiger charge is -2.10. The number of hydrogen-bond donors (Lipinski definition) is 3. The Morgan fingerprint density at radius 2 is 1.65 bits per heavy atom. The molecule has 8 heteroatoms. The maximum absolute atomic E-state index is 12.3. The van der Waals surface area contributed by atoms with Gasteiger partial charge in [0.2, 0.25) is 5.91 Å². The first-order chi connectivity index (χ1) is 16.4. The number of fused-ring (bicyclic) bond motifs is 1. The number of hydrogen-bond acceptors (Lipinski definition) is 4. The molecule has 0 aliphatic rings. The highest BCUT2D eigenvalue weighted by Crippen LogP contribution is 2.28. The normalized spacial score (nSPS) is 12.0. The fourth-order valence-electron chi connectivity index (χ4n) is 3.54. The number of carbonyl (C=O) groups is 3. The van der Waals surface area contributed by atoms with E-state index in [1.165, 1.54) is 12.2 Å². The summed E-state index contributed by atoms with van der Waals surface area (Å²) in [7, 11) is 0. The van der Waals surface area contributed by atoms with Gasteiger partial charge in [-0.15, -0.1) is 0 Å². The van der Waals surface area contributed by atoms with Crippen LogP contribution in [0.2, 0.25) is 0 Å². The Morgan fingerprint density at radius 3 is 2.35 bits per heavy atom. The number of aromatic nitrogens is 2. The van der Waals surface area contributed by atoms with Gasteiger partial charge in [-0.25, -0.2) is 9.48 Å². The number of carbonyl (C=O) groups excluding carboxylic acids is 1. The second-order valence-electron chi connectivity index (χ2n) is 7.61. The van der Waals surface area contributed by atoms with Crippen molar-refractivity contribution in [1.29, 1.82) is 0 Å². The largest absolute Gasteiger partial charge is 0.481 e. The Bertz CT molecular complexity index is 1390. The molecule has 3 aromatic carbocycles. The molecule has 0 spiro atoms. The van der Waals surface area contributed by atoms with Gasteiger partial charge in [-0.05, 0) is 35.0 Å². The summed E-state index contributed by atoms with van der Waals surface area (Å²) in [6, 6.07) is 21.9. The lowest BCUT2D eigenvalue weighted by atomic mass is 10.0. The summed E-state index contributed by atoms with van der Waals surface area (Å²) in [6.07, 6.45) is 3.76. The Kier molecular flexibility index (Phi) is 6.49. The molecular weight excluding hydrogens is 434 g/mol. The number of rotatable bonds is 8. The second kappa shape index (κ2) is 9.83. The van der Waals surface area contributed by atoms with Crippen molar-refractivity contribution in [3.8, 4) is 16.9 Å². The van der Waals surface area contributed by atoms with Crippen LogP contribution in [0.1, 0.15) is 12.0 Å². The molecule has 0 bridgehead atoms. The molecule has 0 aliphatic heterocycles. The number of carboxylic acid groups (broad SMARTS) is 2. The van der Waals surface area contributed by atoms with Gasteiger partial charge in [-0.2, -0.15) is 5.10 Å². The van der Waals surface area contributed by atoms with E-state index in [0.29, 0.717) is 11.3 Å². The molecule has 0 fully saturated rings. The first-order valence-corrected chi connectivity index (χ1v) is 10.5. The lowest BCUT2D eigenvalue weighted by Crippen LogP contribution is -2.41. The van der Waals surface area contributed by atoms with Crippen molar-refractivity contribution < 1.29 is 24.6 Å². The predicted octanol–water partition coefficient (Wildman–Crippen LogP) is 3.75. The molecule has 4 rings (SSSR count). The van der Waals surface area contributed by atoms with Crippen molar-refractivity contribution in [2.45, 2.75) is 12.5 Å². The van der Waals surface area contributed by atoms with Gasteiger partial charge in [0, 0.05) is 23.4 Å². The third-order valence-corrected chi connectivity index (χ3v) is 5.19. The van der Waals surface area contributed by atoms with Gasteiger partial charge in [-0.1, -0.05) is 54.6 Å². The fourth-order valence-corrected chi connectivity index (χ4v) is 3.54. The highest BCUT2D eigenvalue weighted by molar-refractivity contribution is 5.96. The molecule has 34 heavy (non-hydrogen) atoms. The maximum Gasteiger partial charge on any atom is 0.326 e. The van der Waals surface area contributed by atoms with Gasteiger partial charge in [0.1, 0.15) is 6.04 Å². The molecule has 1 atom stereocenters. The molecule has 4 aromatic rings. The van der Waals surface area contributed by atoms with E-state index < -0.39 is 30.3 Å². The summed E-state index contributed by atoms with van der Waals surface area (Å²) in [5.74, 6) is -3.46. The van der Waals surface area contributed by atoms with E-state index in [1.807, 2.05) is 72.8 Å². The maximum atomic E-state index is 12.3. The van der Waals surface area contributed by atoms with Crippen molar-refractivity contribution in [1.82, 2.24) is 15.1 Å². The molecule has 8 nitrogen and oxygen atoms in total. The summed E-state index contributed by atoms with van der Waals surface area (Å²) >= 11 is 0. The minimum atomic E-state index is -1.53. The molecule has 0 saturated carbocycles. The zero-order chi connectivity index (χ0) is 24.1. The van der Waals surface area contributed by atoms with Crippen LogP contribution in [0.3, 0.4) is 0 Å². The van der Waals surface area contributed by atoms with Gasteiger partial charge < -0.3 is 15.5 Å². The molecule has 1 aromatic heterocycles. The van der Waals surface area contributed by atoms with Gasteiger partial charge >= 0.3 is 11.9 Å². The number of para-hydroxylation sites is 1. The summed E-state index contributed by atoms with van der Waals surface area (Å²) in [5, 5.41) is 27.1. The van der Waals surface area contributed by atoms with Gasteiger partial charge in [0.05, 0.1) is 17.8 Å². The van der Waals surface area contributed by atoms with Crippen LogP contribution >= 0.6 is 0 Å². The molecule has 1 unspecified atom stereocenters. The van der Waals surface area contributed by atoms with E-state index in [4.69, 9.17) is 15.3 Å². The standard InChI is InChI=1S/C26H21N3O5/c30-23(27-22(26(33)34)15-24(31)32)13-12-20-16-29(21-8-2-1-3-9-21)28-25(20)19-11-10-17-6-4-5-7-18(17)14-19/h1-14,16,22H,15H2,(H,27,30)(H,31,32)(H,33,34)/b13-12+. The van der Waals surface area contributed by atoms with Crippen LogP contribution in [0.5, 0.6) is 0 Å². The van der Waals surface area contributed by atoms with Gasteiger partial charge in [0.25, 0.3) is 0 Å². The van der Waals surface area contributed by atoms with E-state index >= 15 is 0 Å². The van der Waals surface area contributed by atoms with E-state index in [2.05, 4.69) is 5.32 Å². The third kappa shape index (κ3) is 5.18. The molecule has 3 N–H and O–H groups in total. The number of benzene rings is 3. The van der Waals surface area contributed by atoms with Crippen LogP contribution in [-0.4, -0.2) is 43.9 Å². The Hall–Kier alpha value is -4.72. The predicted molar refractivity (Wildman–Crippen MR) is 127 cm³/mol. The van der Waals surface area contributed by atoms with Crippen molar-refractivity contribution in [2.75, 3.05) is 0 Å². The van der Waals surface area contributed by atoms with Crippen LogP contribution in [0, 0.1) is 0 Å². The highest BCUT2D eigenvalue weighted by atomic mass is 16.4. The molecule has 1 amide bonds. The van der Waals surface area contributed by atoms with E-state index in [0.717, 1.165) is 22.0 Å². The van der Waals surface area contributed by atoms with Crippen LogP contribution in [-0.2, 0) is 14.4 Å². The first kappa shape index (κ1) is 22.5. The zero-order valence-corrected chi connectivity index (χ0v) is 18.0. The quantitative estimate of drug-likeness (QED) is 0.348. The van der Waals surface area contributed by atoms with Crippen molar-refractivity contribution >= 4 is 34.7 Å². The number of amides is 1. The van der Waals surface area contributed by atoms with Gasteiger partial charge in [-0.3, -0.25) is 9.59 Å². The smallest absolute Gasteiger partial charge is 0.326 e. The SMILES string of the molecule is O=C(O)CC(NC(=O)/C=C/c1cn(-c2ccccc2)nc1-c1ccc2ccccc2c1)C(=O)O. The third-order valence-electron chi connectivity index (χ3n) is 5.19. The lowest BCUT2D eigenvalue weighted by molar-refractivity contribution is -0.146. The number of nitrogens with one attached hydrogen (secondary N) is 1. The molecule has 1 heterocycles. The second-order valence-corrected chi connectivity index (χ2v) is 7.61. The highest BCUT2D eigenvalue weighted by Gasteiger charge is 2.22. The van der Waals surface area contributed by atoms with E-state index in [1.54, 1.807) is 10.9 Å². The topological polar surface area (TPSA) is 122 Å². The molecule has 0 radical (unpaired) electrons. The van der Waals surface area contributed by atoms with Crippen LogP contribution in [0.4, 0.5) is 0 Å². The minimum Gasteiger partial charge on any atom is -0.481 e. The summed E-state index contributed by atoms with van der Waals surface area (Å²) in [4.78, 5) is 34.4. The Morgan fingerprint density at radius 1 is 0.941 bits per heavy atom. The first-order valence-electron chi connectivity index (χ1n) is 10.5. The van der Waals surface area contributed by atoms with E-state index in [-0.39, 0.29) is 0 Å². The minimum absolute atomic E-state index is 0.638. The fraction of sp³-hybridized carbons (Fsp3) is 0.0769. The molecule has 0 aliphatic carbocycles. The summed E-state index contributed by atoms with van der Waals surface area (Å²) in [6.45, 7) is 0. The Labute approximate surface area is 194 Å². The van der Waals surface area contributed by atoms with Gasteiger partial charge in [0.15, 0.2) is 0 Å². The number of nitrogens with zero attached hydrogens (tertiary/aromatic N) is 2. The van der Waals surface area contributed by atoms with Crippen LogP contribution in [0.25, 0.3) is 33.8 Å². The average molecular weight is 455 g/mol. The summed E-state index contributed by atoms with van der Waals surface area (Å²) in [5.41, 5.74) is 2.96. The average Bonchev–Trinajstić information content (AvgIpc) is 3.26. The Balaban J connectivity index is 1.69. The van der Waals surface area contributed by atoms with Crippen molar-refractivity contribution in [3.05, 3.63) is 90.6 Å². The molecular formula is C26H21N3O5. The zero-order valence-electron chi connectivity index (χ0n) is 18.0. The van der Waals surface area contributed by atoms with Crippen molar-refractivity contribution in [2.24, 2.45) is 0 Å². The summed E-state index contributed by atoms with van der Waals surface area (Å²) < 4.78 is 1.70. The number of aliphatic carboxylic acids is 2.